The first-order valence-corrected chi connectivity index (χ1v) is 11.8. The summed E-state index contributed by atoms with van der Waals surface area (Å²) in [7, 11) is 1.44. The van der Waals surface area contributed by atoms with Crippen molar-refractivity contribution < 1.29 is 34.8 Å². The number of nitrogens with zero attached hydrogens (tertiary/aromatic N) is 3. The van der Waals surface area contributed by atoms with Crippen molar-refractivity contribution in [3.63, 3.8) is 0 Å². The van der Waals surface area contributed by atoms with Crippen molar-refractivity contribution in [3.05, 3.63) is 53.7 Å². The molecule has 0 aliphatic carbocycles. The number of pyridine rings is 1. The average molecular weight is 502 g/mol. The van der Waals surface area contributed by atoms with E-state index in [-0.39, 0.29) is 11.1 Å². The number of carbonyl (C=O) groups is 2. The Balaban J connectivity index is 1.71. The zero-order chi connectivity index (χ0) is 25.7. The molecule has 188 valence electrons. The molecule has 5 heterocycles. The van der Waals surface area contributed by atoms with Crippen LogP contribution in [-0.4, -0.2) is 89.7 Å². The van der Waals surface area contributed by atoms with E-state index in [1.54, 1.807) is 22.9 Å². The van der Waals surface area contributed by atoms with Crippen LogP contribution in [0.25, 0.3) is 43.7 Å². The zero-order valence-electron chi connectivity index (χ0n) is 19.5. The van der Waals surface area contributed by atoms with Crippen LogP contribution in [0.1, 0.15) is 26.9 Å². The summed E-state index contributed by atoms with van der Waals surface area (Å²) in [4.78, 5) is 35.8. The van der Waals surface area contributed by atoms with Gasteiger partial charge in [0.15, 0.2) is 6.23 Å². The number of benzene rings is 2. The summed E-state index contributed by atoms with van der Waals surface area (Å²) in [6, 6.07) is 10.9. The molecule has 11 nitrogen and oxygen atoms in total. The molecule has 2 aliphatic rings. The van der Waals surface area contributed by atoms with Crippen LogP contribution in [-0.2, 0) is 4.74 Å². The standard InChI is InChI=1S/C26H22N4O7/c1-29-24(35)16-14-10-5-2-3-7-12(10)28-18(14)19-15(17(16)25(29)36)11-6-4-8-27-23(11)30(19)26-22(34)21(33)20(32)13(9-31)37-26/h2-8,13,20-22,26,28,31-34H,9H2,1H3/t13-,20-,21+,22-,26?/m1/s1. The fourth-order valence-electron chi connectivity index (χ4n) is 5.86. The van der Waals surface area contributed by atoms with Crippen molar-refractivity contribution >= 4 is 55.6 Å². The molecule has 2 aromatic carbocycles. The first kappa shape index (κ1) is 22.3. The van der Waals surface area contributed by atoms with Crippen molar-refractivity contribution in [3.8, 4) is 0 Å². The number of nitrogens with one attached hydrogen (secondary N) is 1. The molecule has 3 aromatic heterocycles. The summed E-state index contributed by atoms with van der Waals surface area (Å²) in [6.07, 6.45) is -5.63. The van der Waals surface area contributed by atoms with Crippen LogP contribution >= 0.6 is 0 Å². The molecule has 0 spiro atoms. The third kappa shape index (κ3) is 2.69. The van der Waals surface area contributed by atoms with E-state index in [2.05, 4.69) is 9.97 Å². The van der Waals surface area contributed by atoms with Crippen LogP contribution in [0.4, 0.5) is 0 Å². The lowest BCUT2D eigenvalue weighted by Crippen LogP contribution is -2.56. The Hall–Kier alpha value is -3.87. The molecule has 0 saturated carbocycles. The average Bonchev–Trinajstić information content (AvgIpc) is 3.53. The van der Waals surface area contributed by atoms with E-state index in [4.69, 9.17) is 4.74 Å². The molecule has 5 N–H and O–H groups in total. The molecule has 2 amide bonds. The number of carbonyl (C=O) groups excluding carboxylic acids is 2. The lowest BCUT2D eigenvalue weighted by atomic mass is 9.96. The van der Waals surface area contributed by atoms with E-state index in [1.165, 1.54) is 7.05 Å². The molecular weight excluding hydrogens is 480 g/mol. The smallest absolute Gasteiger partial charge is 0.262 e. The van der Waals surface area contributed by atoms with E-state index in [9.17, 15) is 30.0 Å². The molecule has 2 aliphatic heterocycles. The van der Waals surface area contributed by atoms with Crippen LogP contribution in [0, 0.1) is 0 Å². The highest BCUT2D eigenvalue weighted by Crippen LogP contribution is 2.46. The van der Waals surface area contributed by atoms with Gasteiger partial charge in [-0.25, -0.2) is 4.98 Å². The summed E-state index contributed by atoms with van der Waals surface area (Å²) in [5.41, 5.74) is 2.55. The number of hydrogen-bond acceptors (Lipinski definition) is 8. The molecule has 37 heavy (non-hydrogen) atoms. The van der Waals surface area contributed by atoms with Gasteiger partial charge in [-0.2, -0.15) is 0 Å². The molecule has 7 rings (SSSR count). The number of aliphatic hydroxyl groups excluding tert-OH is 4. The van der Waals surface area contributed by atoms with Crippen LogP contribution < -0.4 is 0 Å². The number of amides is 2. The molecule has 0 radical (unpaired) electrons. The Morgan fingerprint density at radius 2 is 1.65 bits per heavy atom. The number of fused-ring (bicyclic) bond motifs is 10. The van der Waals surface area contributed by atoms with Gasteiger partial charge in [0, 0.05) is 40.3 Å². The van der Waals surface area contributed by atoms with E-state index >= 15 is 0 Å². The Labute approximate surface area is 208 Å². The Bertz CT molecular complexity index is 1790. The lowest BCUT2D eigenvalue weighted by molar-refractivity contribution is -0.249. The van der Waals surface area contributed by atoms with Gasteiger partial charge >= 0.3 is 0 Å². The van der Waals surface area contributed by atoms with Crippen molar-refractivity contribution in [1.82, 2.24) is 19.4 Å². The van der Waals surface area contributed by atoms with Crippen LogP contribution in [0.15, 0.2) is 42.6 Å². The first-order valence-electron chi connectivity index (χ1n) is 11.8. The predicted octanol–water partition coefficient (Wildman–Crippen LogP) is 1.02. The topological polar surface area (TPSA) is 161 Å². The van der Waals surface area contributed by atoms with Crippen molar-refractivity contribution in [2.45, 2.75) is 30.6 Å². The SMILES string of the molecule is CN1C(=O)c2c(c3c4cccnc4n(C4O[C@H](CO)[C@@H](O)[C@H](O)[C@H]4O)c3c3[nH]c4ccccc4c23)C1=O. The molecule has 5 atom stereocenters. The molecule has 1 saturated heterocycles. The Morgan fingerprint density at radius 1 is 0.946 bits per heavy atom. The summed E-state index contributed by atoms with van der Waals surface area (Å²) in [6.45, 7) is -0.596. The van der Waals surface area contributed by atoms with Gasteiger partial charge in [0.1, 0.15) is 30.1 Å². The molecule has 11 heteroatoms. The minimum absolute atomic E-state index is 0.223. The second-order valence-electron chi connectivity index (χ2n) is 9.53. The molecule has 1 fully saturated rings. The van der Waals surface area contributed by atoms with Crippen LogP contribution in [0.2, 0.25) is 0 Å². The van der Waals surface area contributed by atoms with Crippen LogP contribution in [0.5, 0.6) is 0 Å². The lowest BCUT2D eigenvalue weighted by Gasteiger charge is -2.40. The number of rotatable bonds is 2. The normalized spacial score (nSPS) is 26.3. The summed E-state index contributed by atoms with van der Waals surface area (Å²) < 4.78 is 7.51. The van der Waals surface area contributed by atoms with E-state index < -0.39 is 49.1 Å². The van der Waals surface area contributed by atoms with E-state index in [1.807, 2.05) is 24.3 Å². The summed E-state index contributed by atoms with van der Waals surface area (Å²) in [5.74, 6) is -0.886. The minimum atomic E-state index is -1.62. The third-order valence-corrected chi connectivity index (χ3v) is 7.61. The maximum absolute atomic E-state index is 13.5. The third-order valence-electron chi connectivity index (χ3n) is 7.61. The monoisotopic (exact) mass is 502 g/mol. The van der Waals surface area contributed by atoms with Gasteiger partial charge in [0.2, 0.25) is 0 Å². The highest BCUT2D eigenvalue weighted by atomic mass is 16.6. The zero-order valence-corrected chi connectivity index (χ0v) is 19.5. The molecular formula is C26H22N4O7. The number of aromatic amines is 1. The van der Waals surface area contributed by atoms with Crippen molar-refractivity contribution in [2.24, 2.45) is 0 Å². The number of aliphatic hydroxyl groups is 4. The Kier molecular flexibility index (Phi) is 4.57. The van der Waals surface area contributed by atoms with Gasteiger partial charge < -0.3 is 30.1 Å². The second-order valence-corrected chi connectivity index (χ2v) is 9.53. The minimum Gasteiger partial charge on any atom is -0.394 e. The molecule has 1 unspecified atom stereocenters. The largest absolute Gasteiger partial charge is 0.394 e. The number of para-hydroxylation sites is 1. The van der Waals surface area contributed by atoms with Gasteiger partial charge in [-0.3, -0.25) is 19.1 Å². The number of H-pyrrole nitrogens is 1. The number of ether oxygens (including phenoxy) is 1. The highest BCUT2D eigenvalue weighted by Gasteiger charge is 2.47. The molecule has 5 aromatic rings. The van der Waals surface area contributed by atoms with Gasteiger partial charge in [-0.05, 0) is 18.2 Å². The second kappa shape index (κ2) is 7.57. The van der Waals surface area contributed by atoms with Crippen molar-refractivity contribution in [2.75, 3.05) is 13.7 Å². The van der Waals surface area contributed by atoms with Gasteiger partial charge in [-0.1, -0.05) is 18.2 Å². The summed E-state index contributed by atoms with van der Waals surface area (Å²) >= 11 is 0. The fourth-order valence-corrected chi connectivity index (χ4v) is 5.86. The number of imide groups is 1. The van der Waals surface area contributed by atoms with Crippen LogP contribution in [0.3, 0.4) is 0 Å². The number of hydrogen-bond donors (Lipinski definition) is 5. The van der Waals surface area contributed by atoms with Crippen molar-refractivity contribution in [1.29, 1.82) is 0 Å². The highest BCUT2D eigenvalue weighted by molar-refractivity contribution is 6.39. The maximum atomic E-state index is 13.5. The van der Waals surface area contributed by atoms with Gasteiger partial charge in [-0.15, -0.1) is 0 Å². The van der Waals surface area contributed by atoms with Gasteiger partial charge in [0.25, 0.3) is 11.8 Å². The number of aromatic nitrogens is 3. The fraction of sp³-hybridized carbons (Fsp3) is 0.269. The quantitative estimate of drug-likeness (QED) is 0.224. The maximum Gasteiger partial charge on any atom is 0.262 e. The van der Waals surface area contributed by atoms with E-state index in [0.29, 0.717) is 32.8 Å². The summed E-state index contributed by atoms with van der Waals surface area (Å²) in [5, 5.41) is 44.1. The van der Waals surface area contributed by atoms with Gasteiger partial charge in [0.05, 0.1) is 28.8 Å². The predicted molar refractivity (Wildman–Crippen MR) is 132 cm³/mol. The Morgan fingerprint density at radius 3 is 2.41 bits per heavy atom. The first-order chi connectivity index (χ1) is 17.8. The molecule has 0 bridgehead atoms. The van der Waals surface area contributed by atoms with E-state index in [0.717, 1.165) is 15.8 Å².